The number of thiazole rings is 1. The molecule has 4 rings (SSSR count). The van der Waals surface area contributed by atoms with Crippen molar-refractivity contribution in [2.45, 2.75) is 100 Å². The molecule has 1 aliphatic rings. The third kappa shape index (κ3) is 8.99. The fraction of sp³-hybridized carbons (Fsp3) is 0.548. The fourth-order valence-corrected chi connectivity index (χ4v) is 5.24. The van der Waals surface area contributed by atoms with Crippen LogP contribution in [0.3, 0.4) is 0 Å². The van der Waals surface area contributed by atoms with Crippen molar-refractivity contribution >= 4 is 23.2 Å². The molecule has 2 N–H and O–H groups in total. The molecule has 8 nitrogen and oxygen atoms in total. The van der Waals surface area contributed by atoms with E-state index in [0.717, 1.165) is 27.3 Å². The lowest BCUT2D eigenvalue weighted by atomic mass is 10.0. The minimum atomic E-state index is -0.728. The van der Waals surface area contributed by atoms with Gasteiger partial charge in [-0.05, 0) is 36.5 Å². The lowest BCUT2D eigenvalue weighted by molar-refractivity contribution is -0.142. The molecule has 3 heterocycles. The topological polar surface area (TPSA) is 100 Å². The van der Waals surface area contributed by atoms with E-state index >= 15 is 0 Å². The number of hydrogen-bond acceptors (Lipinski definition) is 6. The summed E-state index contributed by atoms with van der Waals surface area (Å²) in [7, 11) is 0. The number of benzene rings is 1. The normalized spacial score (nSPS) is 16.6. The van der Waals surface area contributed by atoms with E-state index in [2.05, 4.69) is 15.4 Å². The zero-order chi connectivity index (χ0) is 30.4. The Morgan fingerprint density at radius 3 is 2.20 bits per heavy atom. The number of nitrogens with zero attached hydrogens (tertiary/aromatic N) is 4. The highest BCUT2D eigenvalue weighted by atomic mass is 32.1. The van der Waals surface area contributed by atoms with Crippen molar-refractivity contribution < 1.29 is 14.7 Å². The maximum Gasteiger partial charge on any atom is 0.248 e. The number of aliphatic hydroxyl groups is 1. The van der Waals surface area contributed by atoms with Gasteiger partial charge in [0.05, 0.1) is 28.4 Å². The van der Waals surface area contributed by atoms with Crippen molar-refractivity contribution in [1.29, 1.82) is 0 Å². The quantitative estimate of drug-likeness (QED) is 0.353. The molecule has 0 bridgehead atoms. The zero-order valence-electron chi connectivity index (χ0n) is 25.9. The van der Waals surface area contributed by atoms with Crippen molar-refractivity contribution in [1.82, 2.24) is 25.0 Å². The highest BCUT2D eigenvalue weighted by Gasteiger charge is 2.42. The van der Waals surface area contributed by atoms with E-state index in [1.807, 2.05) is 105 Å². The number of nitrogens with one attached hydrogen (secondary N) is 1. The largest absolute Gasteiger partial charge is 0.391 e. The summed E-state index contributed by atoms with van der Waals surface area (Å²) in [5.74, 6) is -0.473. The molecule has 9 heteroatoms. The Labute approximate surface area is 244 Å². The van der Waals surface area contributed by atoms with E-state index in [1.165, 1.54) is 4.90 Å². The number of carbonyl (C=O) groups excluding carboxylic acids is 2. The predicted octanol–water partition coefficient (Wildman–Crippen LogP) is 6.18. The summed E-state index contributed by atoms with van der Waals surface area (Å²) in [5, 5.41) is 17.6. The Hall–Kier alpha value is -3.04. The molecule has 3 atom stereocenters. The van der Waals surface area contributed by atoms with Gasteiger partial charge in [-0.15, -0.1) is 11.3 Å². The van der Waals surface area contributed by atoms with E-state index in [9.17, 15) is 14.7 Å². The summed E-state index contributed by atoms with van der Waals surface area (Å²) in [6.07, 6.45) is 3.05. The van der Waals surface area contributed by atoms with Crippen LogP contribution in [0.2, 0.25) is 0 Å². The van der Waals surface area contributed by atoms with Gasteiger partial charge in [0.2, 0.25) is 11.8 Å². The molecule has 222 valence electrons. The molecular formula is C31H49N5O3S. The molecular weight excluding hydrogens is 522 g/mol. The number of β-amino-alcohol motifs (C(OH)–C–C–N with tert-alkyl or cyclic N) is 1. The Morgan fingerprint density at radius 1 is 1.07 bits per heavy atom. The predicted molar refractivity (Wildman–Crippen MR) is 165 cm³/mol. The second-order valence-electron chi connectivity index (χ2n) is 9.26. The maximum absolute atomic E-state index is 13.5. The summed E-state index contributed by atoms with van der Waals surface area (Å²) in [6, 6.07) is 6.77. The maximum atomic E-state index is 13.5. The average molecular weight is 572 g/mol. The van der Waals surface area contributed by atoms with Crippen molar-refractivity contribution in [3.05, 3.63) is 59.0 Å². The van der Waals surface area contributed by atoms with Gasteiger partial charge in [-0.2, -0.15) is 5.10 Å². The Balaban J connectivity index is 0.00000125. The molecule has 1 aromatic carbocycles. The molecule has 0 radical (unpaired) electrons. The van der Waals surface area contributed by atoms with Gasteiger partial charge < -0.3 is 15.3 Å². The van der Waals surface area contributed by atoms with Gasteiger partial charge in [0.25, 0.3) is 0 Å². The van der Waals surface area contributed by atoms with Gasteiger partial charge in [-0.1, -0.05) is 79.7 Å². The lowest BCUT2D eigenvalue weighted by Crippen LogP contribution is -2.49. The van der Waals surface area contributed by atoms with E-state index in [4.69, 9.17) is 0 Å². The molecule has 3 aromatic rings. The van der Waals surface area contributed by atoms with Crippen LogP contribution in [0, 0.1) is 19.8 Å². The van der Waals surface area contributed by atoms with Crippen LogP contribution in [0.25, 0.3) is 10.4 Å². The van der Waals surface area contributed by atoms with Crippen LogP contribution in [-0.2, 0) is 16.1 Å². The molecule has 1 saturated heterocycles. The van der Waals surface area contributed by atoms with Crippen LogP contribution in [0.1, 0.15) is 84.7 Å². The second-order valence-corrected chi connectivity index (χ2v) is 10.1. The molecule has 0 saturated carbocycles. The standard InChI is InChI=1S/C25H31N5O3S.3C2H6/c1-15(2)22(30-12-16(3)10-28-30)25(33)29-13-20(31)9-21(29)24(32)26-11-18-5-7-19(8-6-18)23-17(4)27-14-34-23;3*1-2/h5-8,10,12,14-15,20-22,31H,9,11,13H2,1-4H3,(H,26,32);3*1-2H3. The Kier molecular flexibility index (Phi) is 15.4. The highest BCUT2D eigenvalue weighted by Crippen LogP contribution is 2.28. The fourth-order valence-electron chi connectivity index (χ4n) is 4.42. The van der Waals surface area contributed by atoms with E-state index in [1.54, 1.807) is 22.2 Å². The van der Waals surface area contributed by atoms with Crippen LogP contribution in [0.15, 0.2) is 42.2 Å². The molecule has 2 aromatic heterocycles. The van der Waals surface area contributed by atoms with Gasteiger partial charge in [0.1, 0.15) is 12.1 Å². The highest BCUT2D eigenvalue weighted by molar-refractivity contribution is 7.13. The van der Waals surface area contributed by atoms with E-state index in [0.29, 0.717) is 6.54 Å². The molecule has 2 amide bonds. The van der Waals surface area contributed by atoms with E-state index < -0.39 is 18.2 Å². The van der Waals surface area contributed by atoms with E-state index in [-0.39, 0.29) is 30.7 Å². The summed E-state index contributed by atoms with van der Waals surface area (Å²) in [4.78, 5) is 33.5. The zero-order valence-corrected chi connectivity index (χ0v) is 26.7. The first kappa shape index (κ1) is 35.0. The lowest BCUT2D eigenvalue weighted by Gasteiger charge is -2.30. The molecule has 40 heavy (non-hydrogen) atoms. The number of aromatic nitrogens is 3. The number of hydrogen-bond donors (Lipinski definition) is 2. The van der Waals surface area contributed by atoms with Crippen molar-refractivity contribution in [2.75, 3.05) is 6.54 Å². The van der Waals surface area contributed by atoms with Crippen LogP contribution in [-0.4, -0.2) is 55.3 Å². The van der Waals surface area contributed by atoms with Gasteiger partial charge in [-0.3, -0.25) is 14.3 Å². The molecule has 0 spiro atoms. The van der Waals surface area contributed by atoms with Gasteiger partial charge in [0.15, 0.2) is 0 Å². The van der Waals surface area contributed by atoms with Crippen molar-refractivity contribution in [3.8, 4) is 10.4 Å². The average Bonchev–Trinajstić information content (AvgIpc) is 3.70. The first-order valence-electron chi connectivity index (χ1n) is 14.5. The molecule has 1 fully saturated rings. The van der Waals surface area contributed by atoms with Crippen LogP contribution < -0.4 is 5.32 Å². The summed E-state index contributed by atoms with van der Waals surface area (Å²) in [6.45, 7) is 20.3. The number of carbonyl (C=O) groups is 2. The summed E-state index contributed by atoms with van der Waals surface area (Å²) >= 11 is 1.60. The molecule has 1 aliphatic heterocycles. The second kappa shape index (κ2) is 17.6. The minimum absolute atomic E-state index is 0.0195. The van der Waals surface area contributed by atoms with Gasteiger partial charge in [0, 0.05) is 25.7 Å². The molecule has 3 unspecified atom stereocenters. The number of rotatable bonds is 7. The third-order valence-corrected chi connectivity index (χ3v) is 7.17. The van der Waals surface area contributed by atoms with Crippen LogP contribution in [0.4, 0.5) is 0 Å². The number of likely N-dealkylation sites (tertiary alicyclic amines) is 1. The smallest absolute Gasteiger partial charge is 0.248 e. The van der Waals surface area contributed by atoms with Gasteiger partial charge in [-0.25, -0.2) is 4.98 Å². The Morgan fingerprint density at radius 2 is 1.70 bits per heavy atom. The summed E-state index contributed by atoms with van der Waals surface area (Å²) in [5.41, 5.74) is 5.85. The van der Waals surface area contributed by atoms with Crippen molar-refractivity contribution in [2.24, 2.45) is 5.92 Å². The third-order valence-electron chi connectivity index (χ3n) is 6.19. The number of aryl methyl sites for hydroxylation is 2. The number of aliphatic hydroxyl groups excluding tert-OH is 1. The van der Waals surface area contributed by atoms with Crippen molar-refractivity contribution in [3.63, 3.8) is 0 Å². The monoisotopic (exact) mass is 571 g/mol. The van der Waals surface area contributed by atoms with Crippen LogP contribution >= 0.6 is 11.3 Å². The van der Waals surface area contributed by atoms with Gasteiger partial charge >= 0.3 is 0 Å². The minimum Gasteiger partial charge on any atom is -0.391 e. The SMILES string of the molecule is CC.CC.CC.Cc1cnn(C(C(=O)N2CC(O)CC2C(=O)NCc2ccc(-c3scnc3C)cc2)C(C)C)c1. The molecule has 0 aliphatic carbocycles. The number of amides is 2. The summed E-state index contributed by atoms with van der Waals surface area (Å²) < 4.78 is 1.66. The van der Waals surface area contributed by atoms with Crippen LogP contribution in [0.5, 0.6) is 0 Å². The first-order valence-corrected chi connectivity index (χ1v) is 15.4. The Bertz CT molecular complexity index is 1160. The first-order chi connectivity index (χ1) is 19.2.